The second-order valence-electron chi connectivity index (χ2n) is 9.43. The van der Waals surface area contributed by atoms with E-state index in [9.17, 15) is 15.0 Å². The summed E-state index contributed by atoms with van der Waals surface area (Å²) < 4.78 is 0. The van der Waals surface area contributed by atoms with Crippen molar-refractivity contribution in [2.45, 2.75) is 65.2 Å². The molecule has 0 aliphatic heterocycles. The van der Waals surface area contributed by atoms with Gasteiger partial charge in [0, 0.05) is 12.2 Å². The van der Waals surface area contributed by atoms with E-state index in [1.807, 2.05) is 0 Å². The fourth-order valence-electron chi connectivity index (χ4n) is 7.50. The molecule has 3 saturated carbocycles. The summed E-state index contributed by atoms with van der Waals surface area (Å²) in [6, 6.07) is 0. The number of aliphatic carboxylic acids is 1. The molecular formula is C20H30O3. The van der Waals surface area contributed by atoms with E-state index in [-0.39, 0.29) is 22.2 Å². The van der Waals surface area contributed by atoms with Gasteiger partial charge in [-0.1, -0.05) is 26.3 Å². The lowest BCUT2D eigenvalue weighted by Crippen LogP contribution is -2.57. The summed E-state index contributed by atoms with van der Waals surface area (Å²) in [5.41, 5.74) is 1.16. The first-order valence-electron chi connectivity index (χ1n) is 9.42. The van der Waals surface area contributed by atoms with Crippen LogP contribution in [0, 0.1) is 34.0 Å². The number of allylic oxidation sites excluding steroid dienone is 1. The molecule has 0 aromatic heterocycles. The maximum Gasteiger partial charge on any atom is 0.331 e. The Morgan fingerprint density at radius 3 is 2.65 bits per heavy atom. The number of carbonyl (C=O) groups is 1. The Morgan fingerprint density at radius 1 is 1.17 bits per heavy atom. The molecule has 0 radical (unpaired) electrons. The molecule has 0 heterocycles. The lowest BCUT2D eigenvalue weighted by molar-refractivity contribution is -0.149. The molecule has 6 atom stereocenters. The van der Waals surface area contributed by atoms with Crippen LogP contribution in [0.4, 0.5) is 0 Å². The Balaban J connectivity index is 1.75. The van der Waals surface area contributed by atoms with E-state index in [0.717, 1.165) is 32.1 Å². The second-order valence-corrected chi connectivity index (χ2v) is 9.43. The SMILES string of the molecule is C[C@]1(CO)CCC[C@]2(C)[C@H]1CC[C@]13C=C(C(=O)O)C(CC[C@@H]12)C3. The van der Waals surface area contributed by atoms with Crippen LogP contribution < -0.4 is 0 Å². The highest BCUT2D eigenvalue weighted by Gasteiger charge is 2.63. The van der Waals surface area contributed by atoms with Crippen molar-refractivity contribution >= 4 is 5.97 Å². The van der Waals surface area contributed by atoms with Gasteiger partial charge >= 0.3 is 5.97 Å². The number of hydrogen-bond donors (Lipinski definition) is 2. The first-order chi connectivity index (χ1) is 10.8. The highest BCUT2D eigenvalue weighted by Crippen LogP contribution is 2.70. The summed E-state index contributed by atoms with van der Waals surface area (Å²) in [6.07, 6.45) is 11.3. The van der Waals surface area contributed by atoms with Crippen molar-refractivity contribution in [1.82, 2.24) is 0 Å². The van der Waals surface area contributed by atoms with Gasteiger partial charge in [-0.3, -0.25) is 0 Å². The number of rotatable bonds is 2. The van der Waals surface area contributed by atoms with Crippen LogP contribution in [-0.2, 0) is 4.79 Å². The van der Waals surface area contributed by atoms with Crippen molar-refractivity contribution < 1.29 is 15.0 Å². The molecule has 3 nitrogen and oxygen atoms in total. The highest BCUT2D eigenvalue weighted by molar-refractivity contribution is 5.88. The van der Waals surface area contributed by atoms with Crippen LogP contribution in [0.5, 0.6) is 0 Å². The average Bonchev–Trinajstić information content (AvgIpc) is 2.78. The van der Waals surface area contributed by atoms with E-state index in [2.05, 4.69) is 19.9 Å². The molecule has 4 aliphatic carbocycles. The Kier molecular flexibility index (Phi) is 3.30. The molecule has 0 aromatic carbocycles. The third-order valence-corrected chi connectivity index (χ3v) is 8.41. The smallest absolute Gasteiger partial charge is 0.331 e. The molecule has 3 fully saturated rings. The third-order valence-electron chi connectivity index (χ3n) is 8.41. The molecule has 0 saturated heterocycles. The fourth-order valence-corrected chi connectivity index (χ4v) is 7.50. The van der Waals surface area contributed by atoms with Gasteiger partial charge in [-0.05, 0) is 78.9 Å². The van der Waals surface area contributed by atoms with Gasteiger partial charge in [-0.15, -0.1) is 0 Å². The molecule has 0 aromatic rings. The van der Waals surface area contributed by atoms with Crippen molar-refractivity contribution in [1.29, 1.82) is 0 Å². The number of fused-ring (bicyclic) bond motifs is 3. The minimum atomic E-state index is -0.691. The van der Waals surface area contributed by atoms with Crippen molar-refractivity contribution in [3.63, 3.8) is 0 Å². The third kappa shape index (κ3) is 1.95. The van der Waals surface area contributed by atoms with Crippen molar-refractivity contribution in [2.75, 3.05) is 6.61 Å². The number of carboxylic acids is 1. The van der Waals surface area contributed by atoms with Crippen LogP contribution in [0.15, 0.2) is 11.6 Å². The molecule has 0 amide bonds. The summed E-state index contributed by atoms with van der Waals surface area (Å²) >= 11 is 0. The summed E-state index contributed by atoms with van der Waals surface area (Å²) in [4.78, 5) is 11.6. The van der Waals surface area contributed by atoms with Gasteiger partial charge in [0.05, 0.1) is 0 Å². The Hall–Kier alpha value is -0.830. The van der Waals surface area contributed by atoms with Gasteiger partial charge < -0.3 is 10.2 Å². The topological polar surface area (TPSA) is 57.5 Å². The van der Waals surface area contributed by atoms with E-state index >= 15 is 0 Å². The first kappa shape index (κ1) is 15.7. The predicted octanol–water partition coefficient (Wildman–Crippen LogP) is 4.01. The summed E-state index contributed by atoms with van der Waals surface area (Å²) in [6.45, 7) is 5.04. The van der Waals surface area contributed by atoms with Gasteiger partial charge in [0.1, 0.15) is 0 Å². The van der Waals surface area contributed by atoms with Crippen molar-refractivity contribution in [2.24, 2.45) is 34.0 Å². The van der Waals surface area contributed by atoms with Crippen LogP contribution in [-0.4, -0.2) is 22.8 Å². The predicted molar refractivity (Wildman–Crippen MR) is 88.9 cm³/mol. The molecule has 128 valence electrons. The molecule has 23 heavy (non-hydrogen) atoms. The number of carboxylic acid groups (broad SMARTS) is 1. The zero-order valence-corrected chi connectivity index (χ0v) is 14.5. The Morgan fingerprint density at radius 2 is 1.96 bits per heavy atom. The van der Waals surface area contributed by atoms with Crippen LogP contribution >= 0.6 is 0 Å². The van der Waals surface area contributed by atoms with Crippen molar-refractivity contribution in [3.8, 4) is 0 Å². The van der Waals surface area contributed by atoms with E-state index in [0.29, 0.717) is 24.0 Å². The molecule has 2 bridgehead atoms. The van der Waals surface area contributed by atoms with E-state index in [1.165, 1.54) is 19.3 Å². The molecular weight excluding hydrogens is 288 g/mol. The van der Waals surface area contributed by atoms with Gasteiger partial charge in [0.15, 0.2) is 0 Å². The maximum atomic E-state index is 11.6. The number of aliphatic hydroxyl groups is 1. The monoisotopic (exact) mass is 318 g/mol. The number of aliphatic hydroxyl groups excluding tert-OH is 1. The van der Waals surface area contributed by atoms with E-state index in [4.69, 9.17) is 0 Å². The Bertz CT molecular complexity index is 567. The zero-order chi connectivity index (χ0) is 16.5. The minimum Gasteiger partial charge on any atom is -0.478 e. The van der Waals surface area contributed by atoms with Gasteiger partial charge in [0.25, 0.3) is 0 Å². The Labute approximate surface area is 139 Å². The number of hydrogen-bond acceptors (Lipinski definition) is 2. The second kappa shape index (κ2) is 4.84. The average molecular weight is 318 g/mol. The van der Waals surface area contributed by atoms with Crippen LogP contribution in [0.3, 0.4) is 0 Å². The van der Waals surface area contributed by atoms with Gasteiger partial charge in [-0.2, -0.15) is 0 Å². The first-order valence-corrected chi connectivity index (χ1v) is 9.42. The lowest BCUT2D eigenvalue weighted by Gasteiger charge is -2.64. The summed E-state index contributed by atoms with van der Waals surface area (Å²) in [5, 5.41) is 19.6. The van der Waals surface area contributed by atoms with Crippen LogP contribution in [0.25, 0.3) is 0 Å². The molecule has 1 unspecified atom stereocenters. The molecule has 4 aliphatic rings. The molecule has 4 rings (SSSR count). The molecule has 2 N–H and O–H groups in total. The largest absolute Gasteiger partial charge is 0.478 e. The van der Waals surface area contributed by atoms with Crippen molar-refractivity contribution in [3.05, 3.63) is 11.6 Å². The summed E-state index contributed by atoms with van der Waals surface area (Å²) in [5.74, 6) is 0.789. The fraction of sp³-hybridized carbons (Fsp3) is 0.850. The molecule has 3 heteroatoms. The normalized spacial score (nSPS) is 51.6. The van der Waals surface area contributed by atoms with E-state index < -0.39 is 5.97 Å². The minimum absolute atomic E-state index is 0.0589. The van der Waals surface area contributed by atoms with Gasteiger partial charge in [-0.25, -0.2) is 4.79 Å². The highest BCUT2D eigenvalue weighted by atomic mass is 16.4. The van der Waals surface area contributed by atoms with Gasteiger partial charge in [0.2, 0.25) is 0 Å². The van der Waals surface area contributed by atoms with E-state index in [1.54, 1.807) is 0 Å². The quantitative estimate of drug-likeness (QED) is 0.808. The standard InChI is InChI=1S/C20H30O3/c1-18(12-21)7-3-8-19(2)15(18)6-9-20-10-13(4-5-16(19)20)14(11-20)17(22)23/h11,13,15-16,21H,3-10,12H2,1-2H3,(H,22,23)/t13?,15-,16+,18+,19+,20-/m0/s1. The van der Waals surface area contributed by atoms with Crippen LogP contribution in [0.1, 0.15) is 65.2 Å². The summed E-state index contributed by atoms with van der Waals surface area (Å²) in [7, 11) is 0. The zero-order valence-electron chi connectivity index (χ0n) is 14.5. The molecule has 1 spiro atoms. The van der Waals surface area contributed by atoms with Crippen LogP contribution in [0.2, 0.25) is 0 Å². The maximum absolute atomic E-state index is 11.6. The lowest BCUT2D eigenvalue weighted by atomic mass is 9.41.